The topological polar surface area (TPSA) is 80.8 Å². The van der Waals surface area contributed by atoms with Crippen LogP contribution in [0.1, 0.15) is 39.0 Å². The van der Waals surface area contributed by atoms with E-state index in [2.05, 4.69) is 26.8 Å². The van der Waals surface area contributed by atoms with Crippen LogP contribution < -0.4 is 9.64 Å². The summed E-state index contributed by atoms with van der Waals surface area (Å²) in [6.07, 6.45) is 10.1. The number of esters is 1. The van der Waals surface area contributed by atoms with E-state index in [1.165, 1.54) is 5.69 Å². The van der Waals surface area contributed by atoms with E-state index >= 15 is 0 Å². The van der Waals surface area contributed by atoms with Crippen LogP contribution in [0.4, 0.5) is 5.69 Å². The van der Waals surface area contributed by atoms with Crippen molar-refractivity contribution >= 4 is 17.4 Å². The highest BCUT2D eigenvalue weighted by Gasteiger charge is 2.28. The summed E-state index contributed by atoms with van der Waals surface area (Å²) in [5.41, 5.74) is 2.05. The molecule has 4 rings (SSSR count). The molecule has 40 heavy (non-hydrogen) atoms. The van der Waals surface area contributed by atoms with Gasteiger partial charge in [0, 0.05) is 57.3 Å². The molecule has 1 aromatic carbocycles. The van der Waals surface area contributed by atoms with Crippen LogP contribution in [0.2, 0.25) is 0 Å². The third kappa shape index (κ3) is 8.52. The molecule has 1 unspecified atom stereocenters. The summed E-state index contributed by atoms with van der Waals surface area (Å²) >= 11 is 0. The van der Waals surface area contributed by atoms with Gasteiger partial charge in [0.2, 0.25) is 0 Å². The number of ether oxygens (including phenoxy) is 4. The minimum absolute atomic E-state index is 0.0571. The lowest BCUT2D eigenvalue weighted by Crippen LogP contribution is -2.46. The third-order valence-corrected chi connectivity index (χ3v) is 7.46. The van der Waals surface area contributed by atoms with Crippen LogP contribution in [0, 0.1) is 0 Å². The Morgan fingerprint density at radius 2 is 1.88 bits per heavy atom. The largest absolute Gasteiger partial charge is 0.495 e. The van der Waals surface area contributed by atoms with Gasteiger partial charge in [-0.15, -0.1) is 0 Å². The second-order valence-corrected chi connectivity index (χ2v) is 10.2. The van der Waals surface area contributed by atoms with Crippen LogP contribution in [0.5, 0.6) is 5.75 Å². The average Bonchev–Trinajstić information content (AvgIpc) is 2.98. The molecule has 0 bridgehead atoms. The van der Waals surface area contributed by atoms with Crippen LogP contribution in [0.3, 0.4) is 0 Å². The van der Waals surface area contributed by atoms with Gasteiger partial charge < -0.3 is 28.7 Å². The second-order valence-electron chi connectivity index (χ2n) is 10.2. The molecule has 2 heterocycles. The molecule has 0 spiro atoms. The maximum absolute atomic E-state index is 12.2. The van der Waals surface area contributed by atoms with Crippen molar-refractivity contribution in [2.75, 3.05) is 71.0 Å². The Morgan fingerprint density at radius 1 is 1.05 bits per heavy atom. The number of allylic oxidation sites excluding steroid dienone is 2. The van der Waals surface area contributed by atoms with Crippen molar-refractivity contribution in [2.45, 2.75) is 45.1 Å². The molecule has 2 aliphatic heterocycles. The molecule has 0 radical (unpaired) electrons. The van der Waals surface area contributed by atoms with Gasteiger partial charge in [-0.05, 0) is 57.0 Å². The van der Waals surface area contributed by atoms with Crippen molar-refractivity contribution in [3.8, 4) is 5.75 Å². The zero-order chi connectivity index (χ0) is 28.2. The number of ketones is 1. The van der Waals surface area contributed by atoms with Gasteiger partial charge in [0.1, 0.15) is 17.6 Å². The lowest BCUT2D eigenvalue weighted by molar-refractivity contribution is -0.143. The molecule has 9 nitrogen and oxygen atoms in total. The molecule has 1 atom stereocenters. The summed E-state index contributed by atoms with van der Waals surface area (Å²) in [5, 5.41) is 0. The van der Waals surface area contributed by atoms with E-state index in [1.807, 2.05) is 25.3 Å². The Morgan fingerprint density at radius 3 is 2.67 bits per heavy atom. The number of benzene rings is 1. The van der Waals surface area contributed by atoms with Crippen molar-refractivity contribution in [3.63, 3.8) is 0 Å². The first kappa shape index (κ1) is 29.5. The number of hydrogen-bond acceptors (Lipinski definition) is 9. The van der Waals surface area contributed by atoms with Crippen LogP contribution >= 0.6 is 0 Å². The van der Waals surface area contributed by atoms with Crippen molar-refractivity contribution in [1.82, 2.24) is 9.80 Å². The molecule has 218 valence electrons. The maximum atomic E-state index is 12.2. The Bertz CT molecular complexity index is 1080. The summed E-state index contributed by atoms with van der Waals surface area (Å²) in [6, 6.07) is 8.21. The van der Waals surface area contributed by atoms with Crippen molar-refractivity contribution in [1.29, 1.82) is 0 Å². The van der Waals surface area contributed by atoms with Gasteiger partial charge in [-0.3, -0.25) is 14.5 Å². The molecule has 3 aliphatic rings. The van der Waals surface area contributed by atoms with Crippen molar-refractivity contribution in [2.24, 2.45) is 0 Å². The van der Waals surface area contributed by atoms with Gasteiger partial charge in [0.15, 0.2) is 5.78 Å². The first-order valence-corrected chi connectivity index (χ1v) is 14.5. The molecule has 0 aromatic heterocycles. The van der Waals surface area contributed by atoms with Crippen LogP contribution in [-0.2, 0) is 23.8 Å². The lowest BCUT2D eigenvalue weighted by Gasteiger charge is -2.36. The van der Waals surface area contributed by atoms with E-state index in [-0.39, 0.29) is 17.9 Å². The summed E-state index contributed by atoms with van der Waals surface area (Å²) in [7, 11) is 1.72. The number of hydrogen-bond donors (Lipinski definition) is 0. The molecule has 9 heteroatoms. The third-order valence-electron chi connectivity index (χ3n) is 7.46. The van der Waals surface area contributed by atoms with Crippen LogP contribution in [-0.4, -0.2) is 93.8 Å². The van der Waals surface area contributed by atoms with Gasteiger partial charge in [-0.25, -0.2) is 0 Å². The van der Waals surface area contributed by atoms with Gasteiger partial charge in [0.25, 0.3) is 0 Å². The highest BCUT2D eigenvalue weighted by atomic mass is 16.5. The van der Waals surface area contributed by atoms with Gasteiger partial charge in [-0.1, -0.05) is 12.1 Å². The lowest BCUT2D eigenvalue weighted by atomic mass is 9.96. The fourth-order valence-electron chi connectivity index (χ4n) is 5.30. The first-order valence-electron chi connectivity index (χ1n) is 14.5. The van der Waals surface area contributed by atoms with Gasteiger partial charge >= 0.3 is 5.97 Å². The number of nitrogens with zero attached hydrogens (tertiary/aromatic N) is 3. The van der Waals surface area contributed by atoms with Crippen LogP contribution in [0.25, 0.3) is 0 Å². The molecule has 0 amide bonds. The normalized spacial score (nSPS) is 19.6. The molecule has 1 aromatic rings. The predicted octanol–water partition coefficient (Wildman–Crippen LogP) is 3.91. The standard InChI is InChI=1S/C31H43N3O6/c1-3-38-31(36)11-8-15-33-20-22-40-30(24-33)26-23-25(35)12-13-28(26)39-21-7-6-14-32-16-18-34(19-17-32)27-9-4-5-10-29(27)37-2/h4-5,9-10,12-13,20,22,30H,3,6-8,11,14-19,21,23-24H2,1-2H3. The first-order chi connectivity index (χ1) is 19.6. The summed E-state index contributed by atoms with van der Waals surface area (Å²) in [4.78, 5) is 30.9. The molecule has 1 aliphatic carbocycles. The molecular formula is C31H43N3O6. The number of anilines is 1. The Kier molecular flexibility index (Phi) is 11.3. The fourth-order valence-corrected chi connectivity index (χ4v) is 5.30. The van der Waals surface area contributed by atoms with E-state index in [1.54, 1.807) is 25.5 Å². The Balaban J connectivity index is 1.19. The van der Waals surface area contributed by atoms with Crippen LogP contribution in [0.15, 0.2) is 60.2 Å². The zero-order valence-electron chi connectivity index (χ0n) is 23.9. The van der Waals surface area contributed by atoms with E-state index in [0.717, 1.165) is 69.2 Å². The Hall–Kier alpha value is -3.46. The van der Waals surface area contributed by atoms with Crippen molar-refractivity contribution < 1.29 is 28.5 Å². The van der Waals surface area contributed by atoms with Crippen molar-refractivity contribution in [3.05, 3.63) is 60.2 Å². The summed E-state index contributed by atoms with van der Waals surface area (Å²) in [6.45, 7) is 9.22. The number of methoxy groups -OCH3 is 1. The molecular weight excluding hydrogens is 510 g/mol. The maximum Gasteiger partial charge on any atom is 0.305 e. The van der Waals surface area contributed by atoms with E-state index in [4.69, 9.17) is 18.9 Å². The van der Waals surface area contributed by atoms with E-state index in [0.29, 0.717) is 39.0 Å². The van der Waals surface area contributed by atoms with Gasteiger partial charge in [0.05, 0.1) is 38.8 Å². The monoisotopic (exact) mass is 553 g/mol. The highest BCUT2D eigenvalue weighted by Crippen LogP contribution is 2.29. The summed E-state index contributed by atoms with van der Waals surface area (Å²) < 4.78 is 22.6. The molecule has 1 saturated heterocycles. The zero-order valence-corrected chi connectivity index (χ0v) is 23.9. The molecule has 0 N–H and O–H groups in total. The Labute approximate surface area is 238 Å². The number of unbranched alkanes of at least 4 members (excludes halogenated alkanes) is 1. The SMILES string of the molecule is CCOC(=O)CCCN1C=COC(C2=C(OCCCCN3CCN(c4ccccc4OC)CC3)C=CC(=O)C2)C1. The van der Waals surface area contributed by atoms with E-state index in [9.17, 15) is 9.59 Å². The minimum Gasteiger partial charge on any atom is -0.495 e. The second kappa shape index (κ2) is 15.4. The van der Waals surface area contributed by atoms with E-state index < -0.39 is 0 Å². The number of rotatable bonds is 14. The quantitative estimate of drug-likeness (QED) is 0.252. The fraction of sp³-hybridized carbons (Fsp3) is 0.548. The number of para-hydroxylation sites is 2. The number of carbonyl (C=O) groups excluding carboxylic acids is 2. The molecule has 1 fully saturated rings. The average molecular weight is 554 g/mol. The minimum atomic E-state index is -0.254. The molecule has 0 saturated carbocycles. The number of carbonyl (C=O) groups is 2. The highest BCUT2D eigenvalue weighted by molar-refractivity contribution is 5.93. The van der Waals surface area contributed by atoms with Gasteiger partial charge in [-0.2, -0.15) is 0 Å². The predicted molar refractivity (Wildman–Crippen MR) is 154 cm³/mol. The number of piperazine rings is 1. The summed E-state index contributed by atoms with van der Waals surface area (Å²) in [5.74, 6) is 1.56. The smallest absolute Gasteiger partial charge is 0.305 e.